The van der Waals surface area contributed by atoms with E-state index in [-0.39, 0.29) is 10.3 Å². The average Bonchev–Trinajstić information content (AvgIpc) is 1.89. The number of alkyl halides is 1. The number of rotatable bonds is 2. The second-order valence-electron chi connectivity index (χ2n) is 2.02. The fourth-order valence-electron chi connectivity index (χ4n) is 0. The molecule has 0 radical (unpaired) electrons. The van der Waals surface area contributed by atoms with Gasteiger partial charge < -0.3 is 10.2 Å². The van der Waals surface area contributed by atoms with Crippen molar-refractivity contribution in [3.05, 3.63) is 0 Å². The standard InChI is InChI=1S/C4H8O2.C2H3IO2/c1-3(2)4(5)6;3-1-2(4)5/h3H,1-2H3,(H,5,6);1H2,(H,4,5). The zero-order valence-corrected chi connectivity index (χ0v) is 8.53. The minimum absolute atomic E-state index is 0.192. The first-order chi connectivity index (χ1) is 4.91. The third-order valence-electron chi connectivity index (χ3n) is 0.608. The lowest BCUT2D eigenvalue weighted by atomic mass is 10.2. The maximum absolute atomic E-state index is 9.70. The van der Waals surface area contributed by atoms with Crippen LogP contribution in [0.25, 0.3) is 0 Å². The number of halogens is 1. The molecule has 0 fully saturated rings. The normalized spacial score (nSPS) is 8.36. The predicted molar refractivity (Wildman–Crippen MR) is 49.0 cm³/mol. The Hall–Kier alpha value is -0.330. The minimum atomic E-state index is -0.759. The van der Waals surface area contributed by atoms with Crippen LogP contribution in [0.15, 0.2) is 0 Å². The lowest BCUT2D eigenvalue weighted by molar-refractivity contribution is -0.140. The first-order valence-corrected chi connectivity index (χ1v) is 4.45. The molecule has 0 aromatic carbocycles. The lowest BCUT2D eigenvalue weighted by Crippen LogP contribution is -2.03. The monoisotopic (exact) mass is 274 g/mol. The smallest absolute Gasteiger partial charge is 0.313 e. The van der Waals surface area contributed by atoms with E-state index in [0.29, 0.717) is 0 Å². The Morgan fingerprint density at radius 3 is 1.55 bits per heavy atom. The molecule has 2 N–H and O–H groups in total. The molecule has 5 heteroatoms. The number of aliphatic carboxylic acids is 2. The third kappa shape index (κ3) is 17.7. The first kappa shape index (κ1) is 13.3. The number of hydrogen-bond acceptors (Lipinski definition) is 2. The van der Waals surface area contributed by atoms with E-state index in [0.717, 1.165) is 0 Å². The summed E-state index contributed by atoms with van der Waals surface area (Å²) in [5.74, 6) is -1.73. The Kier molecular flexibility index (Phi) is 9.38. The van der Waals surface area contributed by atoms with Crippen LogP contribution >= 0.6 is 22.6 Å². The average molecular weight is 274 g/mol. The highest BCUT2D eigenvalue weighted by Crippen LogP contribution is 1.87. The molecule has 0 aromatic rings. The van der Waals surface area contributed by atoms with Gasteiger partial charge in [0.2, 0.25) is 0 Å². The molecule has 0 aliphatic carbocycles. The maximum atomic E-state index is 9.70. The van der Waals surface area contributed by atoms with E-state index in [2.05, 4.69) is 0 Å². The molecule has 0 saturated carbocycles. The Bertz CT molecular complexity index is 133. The van der Waals surface area contributed by atoms with Crippen molar-refractivity contribution >= 4 is 34.5 Å². The molecule has 0 bridgehead atoms. The minimum Gasteiger partial charge on any atom is -0.481 e. The van der Waals surface area contributed by atoms with Gasteiger partial charge >= 0.3 is 11.9 Å². The van der Waals surface area contributed by atoms with E-state index >= 15 is 0 Å². The molecule has 0 saturated heterocycles. The Morgan fingerprint density at radius 1 is 1.36 bits per heavy atom. The van der Waals surface area contributed by atoms with Crippen molar-refractivity contribution < 1.29 is 19.8 Å². The van der Waals surface area contributed by atoms with Crippen molar-refractivity contribution in [1.82, 2.24) is 0 Å². The molecule has 0 heterocycles. The van der Waals surface area contributed by atoms with Crippen LogP contribution in [0.5, 0.6) is 0 Å². The number of carbonyl (C=O) groups is 2. The van der Waals surface area contributed by atoms with Crippen molar-refractivity contribution in [3.8, 4) is 0 Å². The van der Waals surface area contributed by atoms with E-state index in [1.165, 1.54) is 0 Å². The van der Waals surface area contributed by atoms with Gasteiger partial charge in [-0.1, -0.05) is 36.4 Å². The van der Waals surface area contributed by atoms with Crippen molar-refractivity contribution in [2.75, 3.05) is 4.43 Å². The zero-order chi connectivity index (χ0) is 9.44. The summed E-state index contributed by atoms with van der Waals surface area (Å²) >= 11 is 1.78. The van der Waals surface area contributed by atoms with E-state index in [9.17, 15) is 9.59 Å². The molecule has 11 heavy (non-hydrogen) atoms. The van der Waals surface area contributed by atoms with Crippen LogP contribution in [-0.2, 0) is 9.59 Å². The highest BCUT2D eigenvalue weighted by Gasteiger charge is 1.99. The summed E-state index contributed by atoms with van der Waals surface area (Å²) in [5, 5.41) is 15.7. The maximum Gasteiger partial charge on any atom is 0.313 e. The molecule has 0 aliphatic rings. The highest BCUT2D eigenvalue weighted by molar-refractivity contribution is 14.1. The lowest BCUT2D eigenvalue weighted by Gasteiger charge is -1.89. The van der Waals surface area contributed by atoms with Crippen molar-refractivity contribution in [2.24, 2.45) is 5.92 Å². The Morgan fingerprint density at radius 2 is 1.55 bits per heavy atom. The molecule has 0 amide bonds. The molecule has 0 atom stereocenters. The van der Waals surface area contributed by atoms with Gasteiger partial charge in [0.15, 0.2) is 0 Å². The fraction of sp³-hybridized carbons (Fsp3) is 0.667. The van der Waals surface area contributed by atoms with Gasteiger partial charge in [-0.25, -0.2) is 0 Å². The van der Waals surface area contributed by atoms with Gasteiger partial charge in [0.05, 0.1) is 10.3 Å². The van der Waals surface area contributed by atoms with E-state index in [4.69, 9.17) is 10.2 Å². The molecule has 0 aliphatic heterocycles. The topological polar surface area (TPSA) is 74.6 Å². The van der Waals surface area contributed by atoms with Crippen LogP contribution in [0.2, 0.25) is 0 Å². The predicted octanol–water partition coefficient (Wildman–Crippen LogP) is 1.23. The summed E-state index contributed by atoms with van der Waals surface area (Å²) in [4.78, 5) is 19.1. The van der Waals surface area contributed by atoms with Crippen molar-refractivity contribution in [2.45, 2.75) is 13.8 Å². The van der Waals surface area contributed by atoms with Gasteiger partial charge in [0, 0.05) is 0 Å². The number of carboxylic acids is 2. The molecule has 0 aromatic heterocycles. The summed E-state index contributed by atoms with van der Waals surface area (Å²) in [6.07, 6.45) is 0. The fourth-order valence-corrected chi connectivity index (χ4v) is 0. The third-order valence-corrected chi connectivity index (χ3v) is 1.26. The second-order valence-corrected chi connectivity index (χ2v) is 2.78. The van der Waals surface area contributed by atoms with E-state index in [1.54, 1.807) is 36.4 Å². The molecular formula is C6H11IO4. The van der Waals surface area contributed by atoms with Gasteiger partial charge in [-0.15, -0.1) is 0 Å². The zero-order valence-electron chi connectivity index (χ0n) is 6.37. The molecule has 4 nitrogen and oxygen atoms in total. The van der Waals surface area contributed by atoms with Crippen LogP contribution in [0.3, 0.4) is 0 Å². The molecule has 0 spiro atoms. The van der Waals surface area contributed by atoms with Gasteiger partial charge in [0.25, 0.3) is 0 Å². The van der Waals surface area contributed by atoms with E-state index < -0.39 is 11.9 Å². The molecular weight excluding hydrogens is 263 g/mol. The Balaban J connectivity index is 0. The quantitative estimate of drug-likeness (QED) is 0.586. The number of carboxylic acid groups (broad SMARTS) is 2. The SMILES string of the molecule is CC(C)C(=O)O.O=C(O)CI. The summed E-state index contributed by atoms with van der Waals surface area (Å²) in [6, 6.07) is 0. The molecule has 0 unspecified atom stereocenters. The van der Waals surface area contributed by atoms with Gasteiger partial charge in [0.1, 0.15) is 0 Å². The van der Waals surface area contributed by atoms with Gasteiger partial charge in [-0.3, -0.25) is 9.59 Å². The number of hydrogen-bond donors (Lipinski definition) is 2. The van der Waals surface area contributed by atoms with E-state index in [1.807, 2.05) is 0 Å². The summed E-state index contributed by atoms with van der Waals surface area (Å²) < 4.78 is 0.192. The van der Waals surface area contributed by atoms with Gasteiger partial charge in [-0.2, -0.15) is 0 Å². The first-order valence-electron chi connectivity index (χ1n) is 2.92. The summed E-state index contributed by atoms with van der Waals surface area (Å²) in [6.45, 7) is 3.28. The molecule has 0 rings (SSSR count). The van der Waals surface area contributed by atoms with Gasteiger partial charge in [-0.05, 0) is 0 Å². The van der Waals surface area contributed by atoms with Crippen LogP contribution in [-0.4, -0.2) is 26.6 Å². The summed E-state index contributed by atoms with van der Waals surface area (Å²) in [7, 11) is 0. The highest BCUT2D eigenvalue weighted by atomic mass is 127. The largest absolute Gasteiger partial charge is 0.481 e. The van der Waals surface area contributed by atoms with Crippen LogP contribution in [0.4, 0.5) is 0 Å². The Labute approximate surface area is 78.7 Å². The van der Waals surface area contributed by atoms with Crippen molar-refractivity contribution in [3.63, 3.8) is 0 Å². The summed E-state index contributed by atoms with van der Waals surface area (Å²) in [5.41, 5.74) is 0. The second kappa shape index (κ2) is 7.77. The van der Waals surface area contributed by atoms with Crippen LogP contribution < -0.4 is 0 Å². The van der Waals surface area contributed by atoms with Crippen LogP contribution in [0, 0.1) is 5.92 Å². The van der Waals surface area contributed by atoms with Crippen LogP contribution in [0.1, 0.15) is 13.8 Å². The van der Waals surface area contributed by atoms with Crippen molar-refractivity contribution in [1.29, 1.82) is 0 Å². The molecule has 66 valence electrons.